The highest BCUT2D eigenvalue weighted by Gasteiger charge is 2.30. The third-order valence-electron chi connectivity index (χ3n) is 2.97. The first-order chi connectivity index (χ1) is 11.7. The lowest BCUT2D eigenvalue weighted by Gasteiger charge is -2.10. The van der Waals surface area contributed by atoms with Crippen molar-refractivity contribution in [1.82, 2.24) is 0 Å². The third kappa shape index (κ3) is 5.08. The number of nitro benzene ring substituents is 1. The van der Waals surface area contributed by atoms with Crippen LogP contribution in [0.1, 0.15) is 5.56 Å². The van der Waals surface area contributed by atoms with E-state index in [0.29, 0.717) is 0 Å². The lowest BCUT2D eigenvalue weighted by Crippen LogP contribution is -2.20. The summed E-state index contributed by atoms with van der Waals surface area (Å²) >= 11 is 5.66. The molecule has 6 nitrogen and oxygen atoms in total. The van der Waals surface area contributed by atoms with Crippen LogP contribution >= 0.6 is 11.6 Å². The van der Waals surface area contributed by atoms with Crippen LogP contribution in [0.4, 0.5) is 24.5 Å². The maximum atomic E-state index is 12.5. The second-order valence-electron chi connectivity index (χ2n) is 4.78. The van der Waals surface area contributed by atoms with Gasteiger partial charge in [0.15, 0.2) is 12.4 Å². The lowest BCUT2D eigenvalue weighted by molar-refractivity contribution is -0.385. The Balaban J connectivity index is 1.99. The van der Waals surface area contributed by atoms with Gasteiger partial charge in [-0.3, -0.25) is 14.9 Å². The van der Waals surface area contributed by atoms with E-state index in [9.17, 15) is 28.1 Å². The first-order valence-corrected chi connectivity index (χ1v) is 7.08. The van der Waals surface area contributed by atoms with Crippen molar-refractivity contribution in [2.24, 2.45) is 0 Å². The summed E-state index contributed by atoms with van der Waals surface area (Å²) in [5.74, 6) is -0.846. The van der Waals surface area contributed by atoms with Crippen molar-refractivity contribution in [3.8, 4) is 5.75 Å². The van der Waals surface area contributed by atoms with Gasteiger partial charge < -0.3 is 10.1 Å². The Bertz CT molecular complexity index is 794. The van der Waals surface area contributed by atoms with Crippen molar-refractivity contribution < 1.29 is 27.6 Å². The lowest BCUT2D eigenvalue weighted by atomic mass is 10.2. The summed E-state index contributed by atoms with van der Waals surface area (Å²) in [6.07, 6.45) is -4.47. The van der Waals surface area contributed by atoms with Gasteiger partial charge in [-0.15, -0.1) is 0 Å². The molecule has 0 unspecified atom stereocenters. The fraction of sp³-hybridized carbons (Fsp3) is 0.133. The Kier molecular flexibility index (Phi) is 5.48. The number of alkyl halides is 3. The molecule has 132 valence electrons. The van der Waals surface area contributed by atoms with Gasteiger partial charge in [0.2, 0.25) is 0 Å². The number of carbonyl (C=O) groups is 1. The summed E-state index contributed by atoms with van der Waals surface area (Å²) in [6, 6.07) is 7.49. The zero-order chi connectivity index (χ0) is 18.6. The minimum absolute atomic E-state index is 0.132. The molecule has 0 atom stereocenters. The largest absolute Gasteiger partial charge is 0.477 e. The molecule has 2 aromatic rings. The predicted molar refractivity (Wildman–Crippen MR) is 83.7 cm³/mol. The van der Waals surface area contributed by atoms with Crippen LogP contribution < -0.4 is 10.1 Å². The molecule has 25 heavy (non-hydrogen) atoms. The quantitative estimate of drug-likeness (QED) is 0.625. The number of hydrogen-bond acceptors (Lipinski definition) is 4. The van der Waals surface area contributed by atoms with Crippen molar-refractivity contribution in [3.05, 3.63) is 63.2 Å². The minimum atomic E-state index is -4.47. The molecule has 0 heterocycles. The number of nitrogens with zero attached hydrogens (tertiary/aromatic N) is 1. The summed E-state index contributed by atoms with van der Waals surface area (Å²) in [4.78, 5) is 21.9. The Labute approximate surface area is 144 Å². The first kappa shape index (κ1) is 18.5. The smallest absolute Gasteiger partial charge is 0.416 e. The van der Waals surface area contributed by atoms with Gasteiger partial charge in [-0.05, 0) is 36.4 Å². The molecular weight excluding hydrogens is 365 g/mol. The maximum absolute atomic E-state index is 12.5. The van der Waals surface area contributed by atoms with Crippen molar-refractivity contribution in [1.29, 1.82) is 0 Å². The van der Waals surface area contributed by atoms with Crippen LogP contribution in [0.25, 0.3) is 0 Å². The number of nitrogens with one attached hydrogen (secondary N) is 1. The number of nitro groups is 1. The highest BCUT2D eigenvalue weighted by Crippen LogP contribution is 2.31. The Morgan fingerprint density at radius 1 is 1.20 bits per heavy atom. The molecule has 0 aliphatic heterocycles. The normalized spacial score (nSPS) is 11.0. The summed E-state index contributed by atoms with van der Waals surface area (Å²) in [5, 5.41) is 13.4. The third-order valence-corrected chi connectivity index (χ3v) is 3.21. The van der Waals surface area contributed by atoms with Gasteiger partial charge in [-0.25, -0.2) is 0 Å². The van der Waals surface area contributed by atoms with Crippen LogP contribution in [-0.2, 0) is 11.0 Å². The number of rotatable bonds is 5. The van der Waals surface area contributed by atoms with E-state index in [4.69, 9.17) is 16.3 Å². The molecule has 0 aliphatic carbocycles. The number of ether oxygens (including phenoxy) is 1. The molecule has 0 fully saturated rings. The van der Waals surface area contributed by atoms with Gasteiger partial charge in [0.25, 0.3) is 5.91 Å². The second-order valence-corrected chi connectivity index (χ2v) is 5.22. The average Bonchev–Trinajstić information content (AvgIpc) is 2.53. The number of benzene rings is 2. The van der Waals surface area contributed by atoms with Crippen molar-refractivity contribution in [3.63, 3.8) is 0 Å². The first-order valence-electron chi connectivity index (χ1n) is 6.70. The Hall–Kier alpha value is -2.81. The Morgan fingerprint density at radius 3 is 2.40 bits per heavy atom. The van der Waals surface area contributed by atoms with Gasteiger partial charge in [0, 0.05) is 16.8 Å². The van der Waals surface area contributed by atoms with E-state index >= 15 is 0 Å². The fourth-order valence-corrected chi connectivity index (χ4v) is 2.00. The molecule has 2 rings (SSSR count). The number of anilines is 1. The average molecular weight is 375 g/mol. The maximum Gasteiger partial charge on any atom is 0.416 e. The molecule has 0 bridgehead atoms. The fourth-order valence-electron chi connectivity index (χ4n) is 1.84. The van der Waals surface area contributed by atoms with E-state index in [-0.39, 0.29) is 16.5 Å². The van der Waals surface area contributed by atoms with Crippen molar-refractivity contribution in [2.75, 3.05) is 11.9 Å². The molecule has 1 amide bonds. The van der Waals surface area contributed by atoms with E-state index in [1.54, 1.807) is 0 Å². The molecule has 1 N–H and O–H groups in total. The molecule has 0 radical (unpaired) electrons. The van der Waals surface area contributed by atoms with Crippen LogP contribution in [0.5, 0.6) is 5.75 Å². The minimum Gasteiger partial charge on any atom is -0.477 e. The monoisotopic (exact) mass is 374 g/mol. The summed E-state index contributed by atoms with van der Waals surface area (Å²) in [6.45, 7) is -0.566. The van der Waals surface area contributed by atoms with Crippen LogP contribution in [0.2, 0.25) is 5.02 Å². The summed E-state index contributed by atoms with van der Waals surface area (Å²) < 4.78 is 42.4. The van der Waals surface area contributed by atoms with Crippen molar-refractivity contribution in [2.45, 2.75) is 6.18 Å². The van der Waals surface area contributed by atoms with Gasteiger partial charge in [-0.1, -0.05) is 11.6 Å². The van der Waals surface area contributed by atoms with E-state index < -0.39 is 34.9 Å². The van der Waals surface area contributed by atoms with Crippen LogP contribution in [0.15, 0.2) is 42.5 Å². The molecule has 0 spiro atoms. The SMILES string of the molecule is O=C(COc1ccc(Cl)cc1[N+](=O)[O-])Nc1ccc(C(F)(F)F)cc1. The number of amides is 1. The van der Waals surface area contributed by atoms with E-state index in [1.807, 2.05) is 0 Å². The van der Waals surface area contributed by atoms with Gasteiger partial charge in [0.1, 0.15) is 0 Å². The van der Waals surface area contributed by atoms with Crippen LogP contribution in [-0.4, -0.2) is 17.4 Å². The number of carbonyl (C=O) groups excluding carboxylic acids is 1. The van der Waals surface area contributed by atoms with Gasteiger partial charge in [-0.2, -0.15) is 13.2 Å². The number of halogens is 4. The standard InChI is InChI=1S/C15H10ClF3N2O4/c16-10-3-6-13(12(7-10)21(23)24)25-8-14(22)20-11-4-1-9(2-5-11)15(17,18)19/h1-7H,8H2,(H,20,22). The zero-order valence-electron chi connectivity index (χ0n) is 12.3. The van der Waals surface area contributed by atoms with E-state index in [2.05, 4.69) is 5.32 Å². The highest BCUT2D eigenvalue weighted by molar-refractivity contribution is 6.30. The summed E-state index contributed by atoms with van der Waals surface area (Å²) in [5.41, 5.74) is -1.12. The van der Waals surface area contributed by atoms with E-state index in [0.717, 1.165) is 30.3 Å². The Morgan fingerprint density at radius 2 is 1.84 bits per heavy atom. The van der Waals surface area contributed by atoms with Crippen LogP contribution in [0, 0.1) is 10.1 Å². The molecule has 10 heteroatoms. The molecule has 0 saturated carbocycles. The molecular formula is C15H10ClF3N2O4. The van der Waals surface area contributed by atoms with Gasteiger partial charge >= 0.3 is 11.9 Å². The zero-order valence-corrected chi connectivity index (χ0v) is 13.1. The predicted octanol–water partition coefficient (Wildman–Crippen LogP) is 4.28. The van der Waals surface area contributed by atoms with Crippen LogP contribution in [0.3, 0.4) is 0 Å². The van der Waals surface area contributed by atoms with E-state index in [1.165, 1.54) is 12.1 Å². The highest BCUT2D eigenvalue weighted by atomic mass is 35.5. The summed E-state index contributed by atoms with van der Waals surface area (Å²) in [7, 11) is 0. The molecule has 0 aromatic heterocycles. The van der Waals surface area contributed by atoms with Crippen molar-refractivity contribution >= 4 is 28.9 Å². The number of hydrogen-bond donors (Lipinski definition) is 1. The molecule has 0 aliphatic rings. The molecule has 0 saturated heterocycles. The molecule has 2 aromatic carbocycles. The topological polar surface area (TPSA) is 81.5 Å². The van der Waals surface area contributed by atoms with Gasteiger partial charge in [0.05, 0.1) is 10.5 Å². The second kappa shape index (κ2) is 7.39.